The zero-order valence-corrected chi connectivity index (χ0v) is 12.2. The van der Waals surface area contributed by atoms with Crippen LogP contribution in [0.1, 0.15) is 5.56 Å². The molecule has 0 atom stereocenters. The van der Waals surface area contributed by atoms with Gasteiger partial charge in [-0.2, -0.15) is 5.10 Å². The van der Waals surface area contributed by atoms with Crippen LogP contribution in [-0.2, 0) is 4.79 Å². The number of amides is 1. The number of nitro benzene ring substituents is 1. The van der Waals surface area contributed by atoms with E-state index in [4.69, 9.17) is 0 Å². The number of carbonyl (C=O) groups is 1. The van der Waals surface area contributed by atoms with Crippen LogP contribution in [0.15, 0.2) is 58.8 Å². The van der Waals surface area contributed by atoms with Crippen molar-refractivity contribution < 1.29 is 9.72 Å². The van der Waals surface area contributed by atoms with Crippen LogP contribution < -0.4 is 5.43 Å². The second-order valence-corrected chi connectivity index (χ2v) is 5.10. The van der Waals surface area contributed by atoms with Gasteiger partial charge < -0.3 is 0 Å². The fourth-order valence-corrected chi connectivity index (χ4v) is 2.16. The first kappa shape index (κ1) is 15.6. The highest BCUT2D eigenvalue weighted by Gasteiger charge is 2.04. The van der Waals surface area contributed by atoms with E-state index in [1.165, 1.54) is 30.1 Å². The Morgan fingerprint density at radius 1 is 1.36 bits per heavy atom. The van der Waals surface area contributed by atoms with Gasteiger partial charge in [-0.3, -0.25) is 14.9 Å². The Hall–Kier alpha value is -2.74. The number of hydrazone groups is 1. The number of rotatable bonds is 6. The molecule has 22 heavy (non-hydrogen) atoms. The van der Waals surface area contributed by atoms with E-state index in [2.05, 4.69) is 15.5 Å². The quantitative estimate of drug-likeness (QED) is 0.381. The van der Waals surface area contributed by atoms with Crippen molar-refractivity contribution in [3.8, 4) is 0 Å². The van der Waals surface area contributed by atoms with Gasteiger partial charge in [0.05, 0.1) is 21.9 Å². The number of thioether (sulfide) groups is 1. The van der Waals surface area contributed by atoms with Crippen LogP contribution in [0.3, 0.4) is 0 Å². The van der Waals surface area contributed by atoms with Crippen molar-refractivity contribution in [2.24, 2.45) is 5.10 Å². The number of benzene rings is 1. The molecule has 0 radical (unpaired) electrons. The molecule has 0 fully saturated rings. The fourth-order valence-electron chi connectivity index (χ4n) is 1.50. The molecule has 0 aliphatic rings. The molecule has 0 saturated heterocycles. The summed E-state index contributed by atoms with van der Waals surface area (Å²) >= 11 is 1.29. The van der Waals surface area contributed by atoms with Gasteiger partial charge in [-0.15, -0.1) is 0 Å². The minimum Gasteiger partial charge on any atom is -0.272 e. The average Bonchev–Trinajstić information content (AvgIpc) is 2.54. The summed E-state index contributed by atoms with van der Waals surface area (Å²) in [5.41, 5.74) is 2.87. The smallest absolute Gasteiger partial charge is 0.270 e. The topological polar surface area (TPSA) is 97.5 Å². The Kier molecular flexibility index (Phi) is 5.61. The number of aromatic nitrogens is 1. The highest BCUT2D eigenvalue weighted by molar-refractivity contribution is 7.99. The maximum absolute atomic E-state index is 11.6. The number of hydrogen-bond acceptors (Lipinski definition) is 6. The average molecular weight is 316 g/mol. The van der Waals surface area contributed by atoms with Gasteiger partial charge in [0.15, 0.2) is 0 Å². The molecule has 0 saturated carbocycles. The van der Waals surface area contributed by atoms with Crippen LogP contribution in [-0.4, -0.2) is 27.8 Å². The molecule has 8 heteroatoms. The molecule has 2 aromatic rings. The van der Waals surface area contributed by atoms with E-state index < -0.39 is 4.92 Å². The highest BCUT2D eigenvalue weighted by atomic mass is 32.2. The number of carbonyl (C=O) groups excluding carboxylic acids is 1. The summed E-state index contributed by atoms with van der Waals surface area (Å²) in [5, 5.41) is 15.2. The van der Waals surface area contributed by atoms with Crippen LogP contribution in [0.2, 0.25) is 0 Å². The maximum Gasteiger partial charge on any atom is 0.270 e. The molecule has 112 valence electrons. The molecule has 0 bridgehead atoms. The first-order valence-electron chi connectivity index (χ1n) is 6.25. The van der Waals surface area contributed by atoms with E-state index in [-0.39, 0.29) is 17.3 Å². The lowest BCUT2D eigenvalue weighted by molar-refractivity contribution is -0.384. The Bertz CT molecular complexity index is 691. The molecule has 1 heterocycles. The second-order valence-electron chi connectivity index (χ2n) is 4.10. The number of nitrogens with zero attached hydrogens (tertiary/aromatic N) is 3. The minimum atomic E-state index is -0.487. The minimum absolute atomic E-state index is 0.0269. The molecule has 1 N–H and O–H groups in total. The van der Waals surface area contributed by atoms with Gasteiger partial charge in [-0.25, -0.2) is 10.4 Å². The van der Waals surface area contributed by atoms with Crippen LogP contribution in [0.25, 0.3) is 0 Å². The Balaban J connectivity index is 1.83. The molecule has 0 unspecified atom stereocenters. The molecule has 1 aromatic carbocycles. The summed E-state index contributed by atoms with van der Waals surface area (Å²) in [7, 11) is 0. The van der Waals surface area contributed by atoms with Crippen LogP contribution >= 0.6 is 11.8 Å². The van der Waals surface area contributed by atoms with E-state index in [0.29, 0.717) is 5.56 Å². The van der Waals surface area contributed by atoms with E-state index >= 15 is 0 Å². The zero-order chi connectivity index (χ0) is 15.8. The van der Waals surface area contributed by atoms with Crippen LogP contribution in [0, 0.1) is 10.1 Å². The van der Waals surface area contributed by atoms with Crippen LogP contribution in [0.5, 0.6) is 0 Å². The lowest BCUT2D eigenvalue weighted by Gasteiger charge is -1.99. The number of nitrogens with one attached hydrogen (secondary N) is 1. The van der Waals surface area contributed by atoms with Crippen molar-refractivity contribution in [2.75, 3.05) is 5.75 Å². The van der Waals surface area contributed by atoms with Gasteiger partial charge in [-0.1, -0.05) is 30.0 Å². The zero-order valence-electron chi connectivity index (χ0n) is 11.4. The van der Waals surface area contributed by atoms with E-state index in [0.717, 1.165) is 5.03 Å². The van der Waals surface area contributed by atoms with E-state index in [1.807, 2.05) is 12.1 Å². The highest BCUT2D eigenvalue weighted by Crippen LogP contribution is 2.13. The van der Waals surface area contributed by atoms with Gasteiger partial charge in [-0.05, 0) is 12.1 Å². The third kappa shape index (κ3) is 4.98. The molecular formula is C14H12N4O3S. The van der Waals surface area contributed by atoms with Crippen molar-refractivity contribution in [1.29, 1.82) is 0 Å². The first-order valence-corrected chi connectivity index (χ1v) is 7.24. The Morgan fingerprint density at radius 2 is 2.23 bits per heavy atom. The van der Waals surface area contributed by atoms with Crippen molar-refractivity contribution in [1.82, 2.24) is 10.4 Å². The Labute approximate surface area is 130 Å². The number of hydrogen-bond donors (Lipinski definition) is 1. The number of pyridine rings is 1. The van der Waals surface area contributed by atoms with Crippen LogP contribution in [0.4, 0.5) is 5.69 Å². The Morgan fingerprint density at radius 3 is 2.95 bits per heavy atom. The summed E-state index contributed by atoms with van der Waals surface area (Å²) in [4.78, 5) is 25.8. The molecule has 2 rings (SSSR count). The molecule has 0 aliphatic carbocycles. The lowest BCUT2D eigenvalue weighted by Crippen LogP contribution is -2.19. The molecule has 1 amide bonds. The van der Waals surface area contributed by atoms with E-state index in [1.54, 1.807) is 24.4 Å². The third-order valence-electron chi connectivity index (χ3n) is 2.47. The van der Waals surface area contributed by atoms with Gasteiger partial charge in [0.1, 0.15) is 0 Å². The number of nitro groups is 1. The fraction of sp³-hybridized carbons (Fsp3) is 0.0714. The molecule has 1 aromatic heterocycles. The first-order chi connectivity index (χ1) is 10.6. The maximum atomic E-state index is 11.6. The monoisotopic (exact) mass is 316 g/mol. The number of non-ortho nitro benzene ring substituents is 1. The standard InChI is InChI=1S/C14H12N4O3S/c19-13(10-22-14-6-1-2-7-15-14)17-16-9-11-4-3-5-12(8-11)18(20)21/h1-9H,10H2,(H,17,19)/b16-9-. The summed E-state index contributed by atoms with van der Waals surface area (Å²) in [6, 6.07) is 11.4. The van der Waals surface area contributed by atoms with Gasteiger partial charge >= 0.3 is 0 Å². The second kappa shape index (κ2) is 7.89. The van der Waals surface area contributed by atoms with Gasteiger partial charge in [0.25, 0.3) is 5.69 Å². The summed E-state index contributed by atoms with van der Waals surface area (Å²) in [6.07, 6.45) is 3.01. The van der Waals surface area contributed by atoms with Crippen molar-refractivity contribution in [3.63, 3.8) is 0 Å². The molecule has 0 spiro atoms. The normalized spacial score (nSPS) is 10.5. The van der Waals surface area contributed by atoms with Crippen molar-refractivity contribution in [2.45, 2.75) is 5.03 Å². The predicted octanol–water partition coefficient (Wildman–Crippen LogP) is 2.23. The predicted molar refractivity (Wildman–Crippen MR) is 83.8 cm³/mol. The van der Waals surface area contributed by atoms with Crippen molar-refractivity contribution >= 4 is 29.6 Å². The largest absolute Gasteiger partial charge is 0.272 e. The molecule has 0 aliphatic heterocycles. The van der Waals surface area contributed by atoms with Crippen molar-refractivity contribution in [3.05, 3.63) is 64.3 Å². The van der Waals surface area contributed by atoms with E-state index in [9.17, 15) is 14.9 Å². The van der Waals surface area contributed by atoms with Gasteiger partial charge in [0, 0.05) is 23.9 Å². The summed E-state index contributed by atoms with van der Waals surface area (Å²) in [5.74, 6) is -0.0964. The lowest BCUT2D eigenvalue weighted by atomic mass is 10.2. The summed E-state index contributed by atoms with van der Waals surface area (Å²) in [6.45, 7) is 0. The SMILES string of the molecule is O=C(CSc1ccccn1)N/N=C\c1cccc([N+](=O)[O-])c1. The molecular weight excluding hydrogens is 304 g/mol. The molecule has 7 nitrogen and oxygen atoms in total. The summed E-state index contributed by atoms with van der Waals surface area (Å²) < 4.78 is 0. The van der Waals surface area contributed by atoms with Gasteiger partial charge in [0.2, 0.25) is 5.91 Å². The third-order valence-corrected chi connectivity index (χ3v) is 3.42.